The highest BCUT2D eigenvalue weighted by Crippen LogP contribution is 2.20. The zero-order chi connectivity index (χ0) is 22.1. The van der Waals surface area contributed by atoms with E-state index >= 15 is 0 Å². The van der Waals surface area contributed by atoms with Crippen molar-refractivity contribution in [3.63, 3.8) is 0 Å². The molecule has 2 rings (SSSR count). The summed E-state index contributed by atoms with van der Waals surface area (Å²) in [7, 11) is 1.23. The molecule has 1 atom stereocenters. The molecule has 0 unspecified atom stereocenters. The standard InChI is InChI=1S/C23H26N2O5/c1-23(2,3)30-22(27)25-20(21(26)28-4)13-17-10-11-19(12-18(17)14-24)29-15-16-8-6-5-7-9-16/h5-12,20H,13,15H2,1-4H3,(H,25,27)/t20-/m0/s1. The summed E-state index contributed by atoms with van der Waals surface area (Å²) >= 11 is 0. The van der Waals surface area contributed by atoms with Gasteiger partial charge in [-0.3, -0.25) is 0 Å². The summed E-state index contributed by atoms with van der Waals surface area (Å²) in [6, 6.07) is 15.8. The van der Waals surface area contributed by atoms with Gasteiger partial charge in [0.1, 0.15) is 24.0 Å². The van der Waals surface area contributed by atoms with E-state index in [0.717, 1.165) is 5.56 Å². The van der Waals surface area contributed by atoms with Crippen LogP contribution >= 0.6 is 0 Å². The lowest BCUT2D eigenvalue weighted by Crippen LogP contribution is -2.45. The van der Waals surface area contributed by atoms with Gasteiger partial charge < -0.3 is 19.5 Å². The summed E-state index contributed by atoms with van der Waals surface area (Å²) in [6.45, 7) is 5.54. The van der Waals surface area contributed by atoms with E-state index in [4.69, 9.17) is 14.2 Å². The van der Waals surface area contributed by atoms with Gasteiger partial charge in [0.2, 0.25) is 0 Å². The van der Waals surface area contributed by atoms with Crippen molar-refractivity contribution in [1.82, 2.24) is 5.32 Å². The van der Waals surface area contributed by atoms with E-state index in [2.05, 4.69) is 11.4 Å². The topological polar surface area (TPSA) is 97.6 Å². The number of hydrogen-bond donors (Lipinski definition) is 1. The number of carbonyl (C=O) groups is 2. The zero-order valence-corrected chi connectivity index (χ0v) is 17.6. The molecule has 2 aromatic carbocycles. The Morgan fingerprint density at radius 1 is 1.13 bits per heavy atom. The molecule has 2 aromatic rings. The van der Waals surface area contributed by atoms with Crippen molar-refractivity contribution in [3.8, 4) is 11.8 Å². The summed E-state index contributed by atoms with van der Waals surface area (Å²) in [4.78, 5) is 24.2. The highest BCUT2D eigenvalue weighted by atomic mass is 16.6. The summed E-state index contributed by atoms with van der Waals surface area (Å²) < 4.78 is 15.7. The normalized spacial score (nSPS) is 11.7. The second-order valence-corrected chi connectivity index (χ2v) is 7.63. The van der Waals surface area contributed by atoms with Gasteiger partial charge in [0.25, 0.3) is 0 Å². The van der Waals surface area contributed by atoms with Crippen LogP contribution in [0, 0.1) is 11.3 Å². The van der Waals surface area contributed by atoms with Crippen LogP contribution in [0.4, 0.5) is 4.79 Å². The van der Waals surface area contributed by atoms with Crippen LogP contribution in [0.3, 0.4) is 0 Å². The third kappa shape index (κ3) is 7.13. The number of rotatable bonds is 7. The summed E-state index contributed by atoms with van der Waals surface area (Å²) in [5, 5.41) is 12.0. The van der Waals surface area contributed by atoms with Gasteiger partial charge in [0, 0.05) is 6.42 Å². The van der Waals surface area contributed by atoms with E-state index in [-0.39, 0.29) is 6.42 Å². The third-order valence-corrected chi connectivity index (χ3v) is 4.05. The van der Waals surface area contributed by atoms with E-state index in [1.807, 2.05) is 30.3 Å². The first kappa shape index (κ1) is 22.8. The van der Waals surface area contributed by atoms with Gasteiger partial charge in [0.05, 0.1) is 18.7 Å². The molecular formula is C23H26N2O5. The summed E-state index contributed by atoms with van der Waals surface area (Å²) in [5.41, 5.74) is 1.23. The summed E-state index contributed by atoms with van der Waals surface area (Å²) in [6.07, 6.45) is -0.660. The zero-order valence-electron chi connectivity index (χ0n) is 17.6. The largest absolute Gasteiger partial charge is 0.489 e. The number of nitriles is 1. The van der Waals surface area contributed by atoms with Crippen LogP contribution in [-0.4, -0.2) is 30.8 Å². The fourth-order valence-corrected chi connectivity index (χ4v) is 2.67. The van der Waals surface area contributed by atoms with Crippen LogP contribution in [0.5, 0.6) is 5.75 Å². The molecule has 0 spiro atoms. The average Bonchev–Trinajstić information content (AvgIpc) is 2.71. The molecule has 0 saturated heterocycles. The Bertz CT molecular complexity index is 913. The number of nitrogens with one attached hydrogen (secondary N) is 1. The number of alkyl carbamates (subject to hydrolysis) is 1. The molecule has 30 heavy (non-hydrogen) atoms. The number of hydrogen-bond acceptors (Lipinski definition) is 6. The van der Waals surface area contributed by atoms with Crippen molar-refractivity contribution >= 4 is 12.1 Å². The van der Waals surface area contributed by atoms with Gasteiger partial charge in [-0.2, -0.15) is 5.26 Å². The molecule has 7 nitrogen and oxygen atoms in total. The molecule has 1 amide bonds. The van der Waals surface area contributed by atoms with Crippen molar-refractivity contribution in [2.24, 2.45) is 0 Å². The lowest BCUT2D eigenvalue weighted by Gasteiger charge is -2.23. The molecule has 0 bridgehead atoms. The predicted octanol–water partition coefficient (Wildman–Crippen LogP) is 3.75. The van der Waals surface area contributed by atoms with E-state index in [1.165, 1.54) is 7.11 Å². The Hall–Kier alpha value is -3.53. The molecule has 158 valence electrons. The van der Waals surface area contributed by atoms with Gasteiger partial charge in [-0.15, -0.1) is 0 Å². The quantitative estimate of drug-likeness (QED) is 0.698. The number of benzene rings is 2. The fourth-order valence-electron chi connectivity index (χ4n) is 2.67. The smallest absolute Gasteiger partial charge is 0.408 e. The number of esters is 1. The van der Waals surface area contributed by atoms with Crippen molar-refractivity contribution in [3.05, 3.63) is 65.2 Å². The number of nitrogens with zero attached hydrogens (tertiary/aromatic N) is 1. The maximum absolute atomic E-state index is 12.1. The Morgan fingerprint density at radius 2 is 1.83 bits per heavy atom. The number of methoxy groups -OCH3 is 1. The molecule has 0 aliphatic carbocycles. The molecule has 7 heteroatoms. The second-order valence-electron chi connectivity index (χ2n) is 7.63. The SMILES string of the molecule is COC(=O)[C@H](Cc1ccc(OCc2ccccc2)cc1C#N)NC(=O)OC(C)(C)C. The Labute approximate surface area is 176 Å². The average molecular weight is 410 g/mol. The van der Waals surface area contributed by atoms with Gasteiger partial charge in [-0.25, -0.2) is 9.59 Å². The van der Waals surface area contributed by atoms with E-state index < -0.39 is 23.7 Å². The van der Waals surface area contributed by atoms with Crippen LogP contribution in [0.25, 0.3) is 0 Å². The Morgan fingerprint density at radius 3 is 2.43 bits per heavy atom. The van der Waals surface area contributed by atoms with Crippen molar-refractivity contribution < 1.29 is 23.8 Å². The molecule has 0 heterocycles. The van der Waals surface area contributed by atoms with E-state index in [1.54, 1.807) is 39.0 Å². The van der Waals surface area contributed by atoms with Crippen LogP contribution in [-0.2, 0) is 27.3 Å². The minimum absolute atomic E-state index is 0.0772. The minimum Gasteiger partial charge on any atom is -0.489 e. The number of amides is 1. The van der Waals surface area contributed by atoms with Crippen LogP contribution < -0.4 is 10.1 Å². The minimum atomic E-state index is -0.993. The third-order valence-electron chi connectivity index (χ3n) is 4.05. The van der Waals surface area contributed by atoms with Crippen molar-refractivity contribution in [2.75, 3.05) is 7.11 Å². The van der Waals surface area contributed by atoms with Gasteiger partial charge in [-0.05, 0) is 44.0 Å². The van der Waals surface area contributed by atoms with Crippen molar-refractivity contribution in [1.29, 1.82) is 5.26 Å². The Kier molecular flexibility index (Phi) is 7.82. The first-order chi connectivity index (χ1) is 14.2. The maximum Gasteiger partial charge on any atom is 0.408 e. The van der Waals surface area contributed by atoms with E-state index in [9.17, 15) is 14.9 Å². The lowest BCUT2D eigenvalue weighted by atomic mass is 10.0. The highest BCUT2D eigenvalue weighted by Gasteiger charge is 2.26. The highest BCUT2D eigenvalue weighted by molar-refractivity contribution is 5.81. The molecule has 1 N–H and O–H groups in total. The van der Waals surface area contributed by atoms with E-state index in [0.29, 0.717) is 23.5 Å². The van der Waals surface area contributed by atoms with Crippen molar-refractivity contribution in [2.45, 2.75) is 45.4 Å². The van der Waals surface area contributed by atoms with Crippen LogP contribution in [0.15, 0.2) is 48.5 Å². The molecular weight excluding hydrogens is 384 g/mol. The molecule has 0 aliphatic rings. The second kappa shape index (κ2) is 10.3. The molecule has 0 aromatic heterocycles. The predicted molar refractivity (Wildman–Crippen MR) is 111 cm³/mol. The summed E-state index contributed by atoms with van der Waals surface area (Å²) in [5.74, 6) is -0.0944. The van der Waals surface area contributed by atoms with Gasteiger partial charge in [0.15, 0.2) is 0 Å². The number of ether oxygens (including phenoxy) is 3. The monoisotopic (exact) mass is 410 g/mol. The van der Waals surface area contributed by atoms with Gasteiger partial charge in [-0.1, -0.05) is 36.4 Å². The lowest BCUT2D eigenvalue weighted by molar-refractivity contribution is -0.143. The molecule has 0 saturated carbocycles. The molecule has 0 aliphatic heterocycles. The number of carbonyl (C=O) groups excluding carboxylic acids is 2. The molecule has 0 fully saturated rings. The van der Waals surface area contributed by atoms with Crippen LogP contribution in [0.2, 0.25) is 0 Å². The fraction of sp³-hybridized carbons (Fsp3) is 0.348. The Balaban J connectivity index is 2.12. The van der Waals surface area contributed by atoms with Gasteiger partial charge >= 0.3 is 12.1 Å². The maximum atomic E-state index is 12.1. The first-order valence-corrected chi connectivity index (χ1v) is 9.49. The first-order valence-electron chi connectivity index (χ1n) is 9.49. The van der Waals surface area contributed by atoms with Crippen LogP contribution in [0.1, 0.15) is 37.5 Å². The molecule has 0 radical (unpaired) electrons.